The van der Waals surface area contributed by atoms with Crippen molar-refractivity contribution in [2.24, 2.45) is 4.40 Å². The number of aromatic nitrogens is 2. The summed E-state index contributed by atoms with van der Waals surface area (Å²) >= 11 is 0. The number of amidine groups is 1. The number of fused-ring (bicyclic) bond motifs is 5. The van der Waals surface area contributed by atoms with E-state index in [1.165, 1.54) is 0 Å². The van der Waals surface area contributed by atoms with Gasteiger partial charge in [0.15, 0.2) is 5.60 Å². The van der Waals surface area contributed by atoms with Gasteiger partial charge in [0.05, 0.1) is 34.8 Å². The Hall–Kier alpha value is -4.39. The van der Waals surface area contributed by atoms with E-state index in [9.17, 15) is 23.1 Å². The first-order chi connectivity index (χ1) is 22.6. The Morgan fingerprint density at radius 2 is 1.72 bits per heavy atom. The summed E-state index contributed by atoms with van der Waals surface area (Å²) in [6.07, 6.45) is 0.516. The number of cyclic esters (lactones) is 1. The molecule has 1 saturated heterocycles. The number of sulfonamides is 1. The normalized spacial score (nSPS) is 19.8. The van der Waals surface area contributed by atoms with E-state index in [2.05, 4.69) is 14.2 Å². The third-order valence-corrected chi connectivity index (χ3v) is 10.9. The number of aliphatic hydroxyl groups is 1. The summed E-state index contributed by atoms with van der Waals surface area (Å²) < 4.78 is 36.3. The molecule has 47 heavy (non-hydrogen) atoms. The fraction of sp³-hybridized carbons (Fsp3) is 0.371. The smallest absolute Gasteiger partial charge is 0.343 e. The second-order valence-electron chi connectivity index (χ2n) is 12.3. The molecular formula is C35H37N5O6S. The molecule has 1 N–H and O–H groups in total. The minimum atomic E-state index is -3.57. The second-order valence-corrected chi connectivity index (χ2v) is 14.3. The summed E-state index contributed by atoms with van der Waals surface area (Å²) in [5.41, 5.74) is 3.50. The Balaban J connectivity index is 1.21. The lowest BCUT2D eigenvalue weighted by Gasteiger charge is -2.37. The van der Waals surface area contributed by atoms with E-state index >= 15 is 0 Å². The number of carbonyl (C=O) groups excluding carboxylic acids is 1. The molecular weight excluding hydrogens is 618 g/mol. The highest BCUT2D eigenvalue weighted by atomic mass is 32.2. The van der Waals surface area contributed by atoms with Gasteiger partial charge in [-0.1, -0.05) is 55.5 Å². The number of ether oxygens (including phenoxy) is 1. The molecule has 3 aliphatic heterocycles. The van der Waals surface area contributed by atoms with Crippen LogP contribution in [0.4, 0.5) is 0 Å². The maximum absolute atomic E-state index is 13.8. The zero-order chi connectivity index (χ0) is 32.9. The molecule has 1 fully saturated rings. The predicted octanol–water partition coefficient (Wildman–Crippen LogP) is 3.19. The molecule has 0 amide bonds. The molecule has 0 radical (unpaired) electrons. The van der Waals surface area contributed by atoms with E-state index in [1.54, 1.807) is 24.5 Å². The van der Waals surface area contributed by atoms with Crippen LogP contribution >= 0.6 is 0 Å². The zero-order valence-corrected chi connectivity index (χ0v) is 27.3. The molecule has 3 aliphatic rings. The van der Waals surface area contributed by atoms with Crippen molar-refractivity contribution in [3.05, 3.63) is 98.8 Å². The van der Waals surface area contributed by atoms with Crippen molar-refractivity contribution < 1.29 is 23.1 Å². The number of para-hydroxylation sites is 1. The van der Waals surface area contributed by atoms with Crippen LogP contribution < -0.4 is 5.56 Å². The van der Waals surface area contributed by atoms with Crippen molar-refractivity contribution in [2.45, 2.75) is 52.0 Å². The topological polar surface area (TPSA) is 134 Å². The van der Waals surface area contributed by atoms with Gasteiger partial charge in [0.1, 0.15) is 12.4 Å². The van der Waals surface area contributed by atoms with Crippen LogP contribution in [0.1, 0.15) is 48.1 Å². The lowest BCUT2D eigenvalue weighted by molar-refractivity contribution is -0.172. The van der Waals surface area contributed by atoms with Gasteiger partial charge in [-0.25, -0.2) is 18.2 Å². The van der Waals surface area contributed by atoms with Crippen LogP contribution in [-0.2, 0) is 51.3 Å². The van der Waals surface area contributed by atoms with Crippen molar-refractivity contribution in [2.75, 3.05) is 31.9 Å². The third kappa shape index (κ3) is 5.53. The van der Waals surface area contributed by atoms with E-state index in [0.717, 1.165) is 27.6 Å². The fourth-order valence-corrected chi connectivity index (χ4v) is 7.52. The number of esters is 1. The minimum absolute atomic E-state index is 0.0546. The maximum Gasteiger partial charge on any atom is 0.343 e. The average molecular weight is 656 g/mol. The van der Waals surface area contributed by atoms with Gasteiger partial charge >= 0.3 is 5.97 Å². The molecule has 1 atom stereocenters. The summed E-state index contributed by atoms with van der Waals surface area (Å²) in [5.74, 6) is -0.243. The molecule has 0 spiro atoms. The van der Waals surface area contributed by atoms with Gasteiger partial charge in [-0.15, -0.1) is 0 Å². The summed E-state index contributed by atoms with van der Waals surface area (Å²) in [7, 11) is -3.57. The fourth-order valence-electron chi connectivity index (χ4n) is 6.89. The van der Waals surface area contributed by atoms with Crippen molar-refractivity contribution in [1.29, 1.82) is 0 Å². The first-order valence-electron chi connectivity index (χ1n) is 16.0. The predicted molar refractivity (Wildman–Crippen MR) is 178 cm³/mol. The highest BCUT2D eigenvalue weighted by molar-refractivity contribution is 7.90. The number of hydrogen-bond acceptors (Lipinski definition) is 8. The third-order valence-electron chi connectivity index (χ3n) is 9.65. The lowest BCUT2D eigenvalue weighted by Crippen LogP contribution is -2.49. The number of piperazine rings is 1. The molecule has 2 aromatic heterocycles. The highest BCUT2D eigenvalue weighted by Gasteiger charge is 2.45. The molecule has 0 bridgehead atoms. The summed E-state index contributed by atoms with van der Waals surface area (Å²) in [6, 6.07) is 19.4. The molecule has 2 aromatic carbocycles. The number of benzene rings is 2. The second kappa shape index (κ2) is 12.0. The lowest BCUT2D eigenvalue weighted by atomic mass is 9.86. The number of carbonyl (C=O) groups is 1. The Morgan fingerprint density at radius 1 is 1.00 bits per heavy atom. The van der Waals surface area contributed by atoms with Crippen molar-refractivity contribution >= 4 is 32.7 Å². The molecule has 5 heterocycles. The quantitative estimate of drug-likeness (QED) is 0.159. The number of rotatable bonds is 7. The Labute approximate surface area is 273 Å². The Morgan fingerprint density at radius 3 is 2.45 bits per heavy atom. The van der Waals surface area contributed by atoms with Crippen LogP contribution in [0.25, 0.3) is 22.3 Å². The van der Waals surface area contributed by atoms with Crippen LogP contribution in [0.15, 0.2) is 69.9 Å². The first-order valence-corrected chi connectivity index (χ1v) is 17.6. The molecule has 12 heteroatoms. The van der Waals surface area contributed by atoms with Crippen molar-refractivity contribution in [1.82, 2.24) is 19.4 Å². The molecule has 0 aliphatic carbocycles. The van der Waals surface area contributed by atoms with E-state index in [-0.39, 0.29) is 24.3 Å². The molecule has 4 aromatic rings. The van der Waals surface area contributed by atoms with E-state index in [1.807, 2.05) is 54.6 Å². The van der Waals surface area contributed by atoms with Crippen LogP contribution in [0.5, 0.6) is 0 Å². The summed E-state index contributed by atoms with van der Waals surface area (Å²) in [4.78, 5) is 35.8. The van der Waals surface area contributed by atoms with Crippen LogP contribution in [0.3, 0.4) is 0 Å². The van der Waals surface area contributed by atoms with E-state index in [4.69, 9.17) is 9.72 Å². The minimum Gasteiger partial charge on any atom is -0.458 e. The van der Waals surface area contributed by atoms with Crippen molar-refractivity contribution in [3.8, 4) is 11.4 Å². The molecule has 7 rings (SSSR count). The van der Waals surface area contributed by atoms with E-state index in [0.29, 0.717) is 74.0 Å². The number of pyridine rings is 2. The van der Waals surface area contributed by atoms with Gasteiger partial charge in [0, 0.05) is 55.7 Å². The Bertz CT molecular complexity index is 2090. The molecule has 0 unspecified atom stereocenters. The van der Waals surface area contributed by atoms with Crippen molar-refractivity contribution in [3.63, 3.8) is 0 Å². The molecule has 244 valence electrons. The van der Waals surface area contributed by atoms with Crippen LogP contribution in [0.2, 0.25) is 0 Å². The van der Waals surface area contributed by atoms with Gasteiger partial charge in [-0.05, 0) is 36.6 Å². The van der Waals surface area contributed by atoms with E-state index < -0.39 is 21.6 Å². The van der Waals surface area contributed by atoms with Gasteiger partial charge < -0.3 is 19.3 Å². The largest absolute Gasteiger partial charge is 0.458 e. The molecule has 11 nitrogen and oxygen atoms in total. The standard InChI is InChI=1S/C35H37N5O6S/c1-3-35(43)28-19-30-32-26(21-40(30)33(41)27(28)22-46-34(35)42)25(24-12-8-9-13-29(24)36-32)20-38-14-16-39(17-15-38)31(37-47(44,45)4-2)18-23-10-6-5-7-11-23/h5-13,19,43H,3-4,14-18,20-22H2,1-2H3/b37-31-/t35-/m0/s1. The van der Waals surface area contributed by atoms with Gasteiger partial charge in [-0.2, -0.15) is 4.40 Å². The maximum atomic E-state index is 13.8. The zero-order valence-electron chi connectivity index (χ0n) is 26.5. The highest BCUT2D eigenvalue weighted by Crippen LogP contribution is 2.40. The van der Waals surface area contributed by atoms with Gasteiger partial charge in [0.25, 0.3) is 15.6 Å². The summed E-state index contributed by atoms with van der Waals surface area (Å²) in [5, 5.41) is 12.3. The monoisotopic (exact) mass is 655 g/mol. The average Bonchev–Trinajstić information content (AvgIpc) is 3.46. The van der Waals surface area contributed by atoms with Crippen LogP contribution in [-0.4, -0.2) is 76.6 Å². The number of hydrogen-bond donors (Lipinski definition) is 1. The summed E-state index contributed by atoms with van der Waals surface area (Å²) in [6.45, 7) is 6.67. The van der Waals surface area contributed by atoms with Gasteiger partial charge in [-0.3, -0.25) is 9.69 Å². The Kier molecular flexibility index (Phi) is 7.97. The number of nitrogens with zero attached hydrogens (tertiary/aromatic N) is 5. The van der Waals surface area contributed by atoms with Crippen LogP contribution in [0, 0.1) is 0 Å². The molecule has 0 saturated carbocycles. The van der Waals surface area contributed by atoms with Gasteiger partial charge in [0.2, 0.25) is 0 Å². The SMILES string of the molecule is CC[C@@]1(O)C(=O)OCc2c1cc1n(c2=O)Cc2c-1nc1ccccc1c2CN1CCN(/C(Cc2ccccc2)=N\S(=O)(=O)CC)CC1. The first kappa shape index (κ1) is 31.2.